The summed E-state index contributed by atoms with van der Waals surface area (Å²) in [6.07, 6.45) is 3.21. The Labute approximate surface area is 131 Å². The van der Waals surface area contributed by atoms with Crippen molar-refractivity contribution in [2.45, 2.75) is 0 Å². The molecule has 1 aromatic carbocycles. The molecule has 1 aromatic heterocycles. The lowest BCUT2D eigenvalue weighted by Gasteiger charge is -2.05. The normalized spacial score (nSPS) is 11.0. The predicted octanol–water partition coefficient (Wildman–Crippen LogP) is 3.45. The molecule has 116 valence electrons. The molecule has 0 fully saturated rings. The molecule has 0 aliphatic rings. The molecule has 0 bridgehead atoms. The van der Waals surface area contributed by atoms with Crippen LogP contribution in [0.5, 0.6) is 0 Å². The quantitative estimate of drug-likeness (QED) is 0.806. The summed E-state index contributed by atoms with van der Waals surface area (Å²) in [7, 11) is 4.83. The minimum atomic E-state index is -0.686. The molecule has 0 saturated carbocycles. The third kappa shape index (κ3) is 3.12. The van der Waals surface area contributed by atoms with Crippen molar-refractivity contribution in [3.8, 4) is 11.3 Å². The Morgan fingerprint density at radius 3 is 2.77 bits per heavy atom. The van der Waals surface area contributed by atoms with Crippen molar-refractivity contribution in [1.29, 1.82) is 0 Å². The Morgan fingerprint density at radius 2 is 2.18 bits per heavy atom. The summed E-state index contributed by atoms with van der Waals surface area (Å²) < 4.78 is 23.9. The molecule has 2 rings (SSSR count). The summed E-state index contributed by atoms with van der Waals surface area (Å²) in [6, 6.07) is 4.20. The van der Waals surface area contributed by atoms with E-state index < -0.39 is 11.8 Å². The second-order valence-corrected chi connectivity index (χ2v) is 5.05. The van der Waals surface area contributed by atoms with E-state index in [0.717, 1.165) is 0 Å². The number of hydrogen-bond acceptors (Lipinski definition) is 5. The molecule has 0 radical (unpaired) electrons. The van der Waals surface area contributed by atoms with Crippen LogP contribution >= 0.6 is 11.6 Å². The van der Waals surface area contributed by atoms with Gasteiger partial charge in [-0.05, 0) is 12.1 Å². The molecule has 7 heteroatoms. The number of hydrogen-bond donors (Lipinski definition) is 0. The largest absolute Gasteiger partial charge is 0.465 e. The van der Waals surface area contributed by atoms with Gasteiger partial charge in [-0.2, -0.15) is 0 Å². The molecule has 0 N–H and O–H groups in total. The Hall–Kier alpha value is -2.34. The van der Waals surface area contributed by atoms with Crippen LogP contribution in [0.15, 0.2) is 28.9 Å². The first kappa shape index (κ1) is 16.0. The highest BCUT2D eigenvalue weighted by Crippen LogP contribution is 2.34. The number of esters is 1. The monoisotopic (exact) mass is 324 g/mol. The van der Waals surface area contributed by atoms with Crippen molar-refractivity contribution < 1.29 is 18.4 Å². The van der Waals surface area contributed by atoms with Crippen molar-refractivity contribution in [1.82, 2.24) is 10.1 Å². The van der Waals surface area contributed by atoms with E-state index in [4.69, 9.17) is 20.9 Å². The van der Waals surface area contributed by atoms with Gasteiger partial charge >= 0.3 is 5.97 Å². The highest BCUT2D eigenvalue weighted by molar-refractivity contribution is 6.33. The number of carbonyl (C=O) groups is 1. The number of ether oxygens (including phenoxy) is 1. The summed E-state index contributed by atoms with van der Waals surface area (Å²) in [5.74, 6) is -1.13. The third-order valence-corrected chi connectivity index (χ3v) is 3.15. The van der Waals surface area contributed by atoms with Gasteiger partial charge in [0.15, 0.2) is 5.76 Å². The van der Waals surface area contributed by atoms with Crippen LogP contribution in [0.2, 0.25) is 5.02 Å². The lowest BCUT2D eigenvalue weighted by molar-refractivity contribution is 0.0600. The molecular formula is C15H14ClFN2O3. The fourth-order valence-electron chi connectivity index (χ4n) is 1.83. The zero-order valence-corrected chi connectivity index (χ0v) is 13.0. The van der Waals surface area contributed by atoms with E-state index in [2.05, 4.69) is 5.16 Å². The maximum Gasteiger partial charge on any atom is 0.344 e. The van der Waals surface area contributed by atoms with Gasteiger partial charge in [-0.15, -0.1) is 0 Å². The fraction of sp³-hybridized carbons (Fsp3) is 0.200. The van der Waals surface area contributed by atoms with E-state index in [0.29, 0.717) is 0 Å². The Kier molecular flexibility index (Phi) is 4.82. The molecule has 5 nitrogen and oxygen atoms in total. The smallest absolute Gasteiger partial charge is 0.344 e. The van der Waals surface area contributed by atoms with Gasteiger partial charge in [-0.25, -0.2) is 9.18 Å². The third-order valence-electron chi connectivity index (χ3n) is 2.83. The number of aromatic nitrogens is 1. The fourth-order valence-corrected chi connectivity index (χ4v) is 2.08. The van der Waals surface area contributed by atoms with E-state index in [1.54, 1.807) is 25.2 Å². The van der Waals surface area contributed by atoms with Gasteiger partial charge in [0.2, 0.25) is 0 Å². The Bertz CT molecular complexity index is 705. The first-order valence-electron chi connectivity index (χ1n) is 6.32. The van der Waals surface area contributed by atoms with Gasteiger partial charge in [-0.1, -0.05) is 22.8 Å². The first-order valence-corrected chi connectivity index (χ1v) is 6.70. The van der Waals surface area contributed by atoms with E-state index in [1.165, 1.54) is 31.4 Å². The van der Waals surface area contributed by atoms with Crippen LogP contribution in [-0.2, 0) is 4.74 Å². The predicted molar refractivity (Wildman–Crippen MR) is 81.0 cm³/mol. The van der Waals surface area contributed by atoms with Crippen LogP contribution in [0.3, 0.4) is 0 Å². The van der Waals surface area contributed by atoms with E-state index >= 15 is 0 Å². The maximum absolute atomic E-state index is 14.1. The van der Waals surface area contributed by atoms with Gasteiger partial charge in [0.1, 0.15) is 17.1 Å². The number of rotatable bonds is 4. The molecular weight excluding hydrogens is 311 g/mol. The molecule has 0 unspecified atom stereocenters. The van der Waals surface area contributed by atoms with Gasteiger partial charge < -0.3 is 14.2 Å². The molecule has 0 atom stereocenters. The highest BCUT2D eigenvalue weighted by atomic mass is 35.5. The average molecular weight is 325 g/mol. The van der Waals surface area contributed by atoms with E-state index in [-0.39, 0.29) is 27.6 Å². The Morgan fingerprint density at radius 1 is 1.45 bits per heavy atom. The van der Waals surface area contributed by atoms with Crippen molar-refractivity contribution in [2.75, 3.05) is 21.2 Å². The Balaban J connectivity index is 2.65. The zero-order chi connectivity index (χ0) is 16.3. The van der Waals surface area contributed by atoms with Crippen molar-refractivity contribution in [2.24, 2.45) is 0 Å². The number of methoxy groups -OCH3 is 1. The second-order valence-electron chi connectivity index (χ2n) is 4.64. The van der Waals surface area contributed by atoms with Gasteiger partial charge in [0, 0.05) is 26.4 Å². The molecule has 0 saturated heterocycles. The number of carbonyl (C=O) groups excluding carboxylic acids is 1. The second kappa shape index (κ2) is 6.62. The molecule has 0 aliphatic heterocycles. The summed E-state index contributed by atoms with van der Waals surface area (Å²) in [5.41, 5.74) is 0.0266. The molecule has 0 amide bonds. The van der Waals surface area contributed by atoms with E-state index in [9.17, 15) is 9.18 Å². The molecule has 2 aromatic rings. The minimum Gasteiger partial charge on any atom is -0.465 e. The summed E-state index contributed by atoms with van der Waals surface area (Å²) in [4.78, 5) is 13.8. The summed E-state index contributed by atoms with van der Waals surface area (Å²) in [6.45, 7) is 0. The average Bonchev–Trinajstić information content (AvgIpc) is 2.88. The van der Waals surface area contributed by atoms with Crippen LogP contribution in [-0.4, -0.2) is 37.2 Å². The van der Waals surface area contributed by atoms with Gasteiger partial charge in [-0.3, -0.25) is 0 Å². The van der Waals surface area contributed by atoms with Crippen molar-refractivity contribution >= 4 is 23.6 Å². The number of nitrogens with zero attached hydrogens (tertiary/aromatic N) is 2. The van der Waals surface area contributed by atoms with Crippen LogP contribution in [0.4, 0.5) is 4.39 Å². The van der Waals surface area contributed by atoms with Crippen LogP contribution in [0.25, 0.3) is 17.3 Å². The van der Waals surface area contributed by atoms with Gasteiger partial charge in [0.25, 0.3) is 0 Å². The molecule has 0 spiro atoms. The van der Waals surface area contributed by atoms with E-state index in [1.807, 2.05) is 0 Å². The topological polar surface area (TPSA) is 55.6 Å². The molecule has 1 heterocycles. The summed E-state index contributed by atoms with van der Waals surface area (Å²) in [5, 5.41) is 3.91. The number of halogens is 2. The minimum absolute atomic E-state index is 0.00202. The lowest BCUT2D eigenvalue weighted by atomic mass is 10.1. The molecule has 0 aliphatic carbocycles. The highest BCUT2D eigenvalue weighted by Gasteiger charge is 2.26. The number of benzene rings is 1. The van der Waals surface area contributed by atoms with Crippen LogP contribution in [0, 0.1) is 5.82 Å². The standard InChI is InChI=1S/C15H14ClFN2O3/c1-19(2)8-7-11-13(15(20)21-3)14(18-22-11)12-9(16)5-4-6-10(12)17/h4-8H,1-3H3/b8-7+. The lowest BCUT2D eigenvalue weighted by Crippen LogP contribution is -2.05. The van der Waals surface area contributed by atoms with Crippen molar-refractivity contribution in [3.05, 3.63) is 46.6 Å². The van der Waals surface area contributed by atoms with Crippen molar-refractivity contribution in [3.63, 3.8) is 0 Å². The zero-order valence-electron chi connectivity index (χ0n) is 12.3. The van der Waals surface area contributed by atoms with Crippen LogP contribution in [0.1, 0.15) is 16.1 Å². The molecule has 22 heavy (non-hydrogen) atoms. The first-order chi connectivity index (χ1) is 10.5. The SMILES string of the molecule is COC(=O)c1c(-c2c(F)cccc2Cl)noc1/C=C/N(C)C. The van der Waals surface area contributed by atoms with Crippen LogP contribution < -0.4 is 0 Å². The maximum atomic E-state index is 14.1. The van der Waals surface area contributed by atoms with Gasteiger partial charge in [0.05, 0.1) is 17.7 Å². The summed E-state index contributed by atoms with van der Waals surface area (Å²) >= 11 is 6.02.